The second-order valence-corrected chi connectivity index (χ2v) is 4.99. The van der Waals surface area contributed by atoms with E-state index in [1.54, 1.807) is 0 Å². The summed E-state index contributed by atoms with van der Waals surface area (Å²) >= 11 is 0. The van der Waals surface area contributed by atoms with Gasteiger partial charge in [0.2, 0.25) is 0 Å². The highest BCUT2D eigenvalue weighted by molar-refractivity contribution is 5.76. The maximum atomic E-state index is 3.60. The molecule has 0 aromatic heterocycles. The van der Waals surface area contributed by atoms with E-state index < -0.39 is 0 Å². The summed E-state index contributed by atoms with van der Waals surface area (Å²) in [4.78, 5) is 2.46. The predicted molar refractivity (Wildman–Crippen MR) is 66.8 cm³/mol. The molecule has 0 radical (unpaired) electrons. The zero-order valence-corrected chi connectivity index (χ0v) is 10.1. The molecule has 0 spiro atoms. The van der Waals surface area contributed by atoms with E-state index in [2.05, 4.69) is 56.1 Å². The highest BCUT2D eigenvalue weighted by Gasteiger charge is 2.29. The van der Waals surface area contributed by atoms with Gasteiger partial charge in [-0.15, -0.1) is 0 Å². The molecular formula is C13H20N2. The quantitative estimate of drug-likeness (QED) is 0.756. The molecule has 1 aromatic rings. The summed E-state index contributed by atoms with van der Waals surface area (Å²) in [5.41, 5.74) is 4.17. The van der Waals surface area contributed by atoms with Gasteiger partial charge in [-0.1, -0.05) is 12.1 Å². The van der Waals surface area contributed by atoms with E-state index in [4.69, 9.17) is 0 Å². The van der Waals surface area contributed by atoms with Gasteiger partial charge in [-0.05, 0) is 39.3 Å². The van der Waals surface area contributed by atoms with E-state index in [9.17, 15) is 0 Å². The van der Waals surface area contributed by atoms with E-state index in [1.165, 1.54) is 16.9 Å². The van der Waals surface area contributed by atoms with Crippen LogP contribution in [0.5, 0.6) is 0 Å². The fourth-order valence-electron chi connectivity index (χ4n) is 2.41. The number of para-hydroxylation sites is 1. The van der Waals surface area contributed by atoms with E-state index in [0.717, 1.165) is 13.1 Å². The smallest absolute Gasteiger partial charge is 0.0632 e. The average molecular weight is 204 g/mol. The number of fused-ring (bicyclic) bond motifs is 1. The van der Waals surface area contributed by atoms with Crippen LogP contribution in [-0.2, 0) is 0 Å². The Labute approximate surface area is 92.3 Å². The fourth-order valence-corrected chi connectivity index (χ4v) is 2.41. The standard InChI is InChI=1S/C13H20N2/c1-5-15-9-13(3,4)14-11-8-6-7-10(2)12(11)15/h6-8,14H,5,9H2,1-4H3. The second-order valence-electron chi connectivity index (χ2n) is 4.99. The largest absolute Gasteiger partial charge is 0.377 e. The molecule has 0 aliphatic carbocycles. The van der Waals surface area contributed by atoms with Gasteiger partial charge in [0.15, 0.2) is 0 Å². The molecule has 2 rings (SSSR count). The molecule has 1 aliphatic rings. The summed E-state index contributed by atoms with van der Waals surface area (Å²) in [6.07, 6.45) is 0. The molecule has 0 unspecified atom stereocenters. The normalized spacial score (nSPS) is 18.3. The summed E-state index contributed by atoms with van der Waals surface area (Å²) in [5.74, 6) is 0. The SMILES string of the molecule is CCN1CC(C)(C)Nc2cccc(C)c21. The molecule has 1 aliphatic heterocycles. The Morgan fingerprint density at radius 1 is 1.40 bits per heavy atom. The lowest BCUT2D eigenvalue weighted by Crippen LogP contribution is -2.48. The minimum absolute atomic E-state index is 0.163. The molecule has 82 valence electrons. The first-order valence-corrected chi connectivity index (χ1v) is 5.66. The topological polar surface area (TPSA) is 15.3 Å². The average Bonchev–Trinajstić information content (AvgIpc) is 2.15. The highest BCUT2D eigenvalue weighted by Crippen LogP contribution is 2.36. The van der Waals surface area contributed by atoms with Gasteiger partial charge in [-0.3, -0.25) is 0 Å². The Bertz CT molecular complexity index is 369. The zero-order chi connectivity index (χ0) is 11.1. The third kappa shape index (κ3) is 1.81. The van der Waals surface area contributed by atoms with Crippen molar-refractivity contribution in [1.82, 2.24) is 0 Å². The van der Waals surface area contributed by atoms with Crippen LogP contribution in [0.4, 0.5) is 11.4 Å². The first kappa shape index (κ1) is 10.3. The summed E-state index contributed by atoms with van der Waals surface area (Å²) in [5, 5.41) is 3.60. The number of hydrogen-bond donors (Lipinski definition) is 1. The van der Waals surface area contributed by atoms with Gasteiger partial charge in [-0.2, -0.15) is 0 Å². The summed E-state index contributed by atoms with van der Waals surface area (Å²) < 4.78 is 0. The van der Waals surface area contributed by atoms with Crippen LogP contribution >= 0.6 is 0 Å². The van der Waals surface area contributed by atoms with E-state index in [1.807, 2.05) is 0 Å². The third-order valence-corrected chi connectivity index (χ3v) is 2.99. The van der Waals surface area contributed by atoms with Crippen molar-refractivity contribution in [2.45, 2.75) is 33.2 Å². The molecule has 0 fully saturated rings. The Kier molecular flexibility index (Phi) is 2.37. The van der Waals surface area contributed by atoms with Gasteiger partial charge in [0, 0.05) is 18.6 Å². The molecule has 15 heavy (non-hydrogen) atoms. The van der Waals surface area contributed by atoms with Crippen LogP contribution in [0.2, 0.25) is 0 Å². The molecule has 2 nitrogen and oxygen atoms in total. The van der Waals surface area contributed by atoms with Gasteiger partial charge < -0.3 is 10.2 Å². The Morgan fingerprint density at radius 2 is 2.13 bits per heavy atom. The number of likely N-dealkylation sites (N-methyl/N-ethyl adjacent to an activating group) is 1. The van der Waals surface area contributed by atoms with Crippen molar-refractivity contribution in [2.75, 3.05) is 23.3 Å². The lowest BCUT2D eigenvalue weighted by Gasteiger charge is -2.42. The number of rotatable bonds is 1. The molecule has 0 atom stereocenters. The number of nitrogens with one attached hydrogen (secondary N) is 1. The van der Waals surface area contributed by atoms with Crippen LogP contribution in [0.15, 0.2) is 18.2 Å². The summed E-state index contributed by atoms with van der Waals surface area (Å²) in [7, 11) is 0. The minimum Gasteiger partial charge on any atom is -0.377 e. The Balaban J connectivity index is 2.49. The van der Waals surface area contributed by atoms with Gasteiger partial charge in [0.25, 0.3) is 0 Å². The van der Waals surface area contributed by atoms with Crippen molar-refractivity contribution in [3.8, 4) is 0 Å². The summed E-state index contributed by atoms with van der Waals surface area (Å²) in [6.45, 7) is 11.0. The van der Waals surface area contributed by atoms with Crippen molar-refractivity contribution in [3.05, 3.63) is 23.8 Å². The van der Waals surface area contributed by atoms with Crippen molar-refractivity contribution in [2.24, 2.45) is 0 Å². The number of anilines is 2. The van der Waals surface area contributed by atoms with Gasteiger partial charge in [0.05, 0.1) is 11.4 Å². The maximum Gasteiger partial charge on any atom is 0.0632 e. The van der Waals surface area contributed by atoms with Crippen LogP contribution < -0.4 is 10.2 Å². The second kappa shape index (κ2) is 3.44. The molecule has 1 aromatic carbocycles. The molecule has 0 saturated heterocycles. The van der Waals surface area contributed by atoms with Gasteiger partial charge >= 0.3 is 0 Å². The Hall–Kier alpha value is -1.18. The van der Waals surface area contributed by atoms with Crippen LogP contribution in [0.3, 0.4) is 0 Å². The minimum atomic E-state index is 0.163. The van der Waals surface area contributed by atoms with Crippen LogP contribution in [0.1, 0.15) is 26.3 Å². The first-order chi connectivity index (χ1) is 7.03. The number of aryl methyl sites for hydroxylation is 1. The van der Waals surface area contributed by atoms with Gasteiger partial charge in [0.1, 0.15) is 0 Å². The third-order valence-electron chi connectivity index (χ3n) is 2.99. The summed E-state index contributed by atoms with van der Waals surface area (Å²) in [6, 6.07) is 6.48. The van der Waals surface area contributed by atoms with Crippen LogP contribution in [-0.4, -0.2) is 18.6 Å². The first-order valence-electron chi connectivity index (χ1n) is 5.66. The van der Waals surface area contributed by atoms with Crippen molar-refractivity contribution in [1.29, 1.82) is 0 Å². The maximum absolute atomic E-state index is 3.60. The van der Waals surface area contributed by atoms with Crippen molar-refractivity contribution in [3.63, 3.8) is 0 Å². The lowest BCUT2D eigenvalue weighted by molar-refractivity contribution is 0.536. The molecule has 0 saturated carbocycles. The number of nitrogens with zero attached hydrogens (tertiary/aromatic N) is 1. The highest BCUT2D eigenvalue weighted by atomic mass is 15.2. The van der Waals surface area contributed by atoms with Crippen LogP contribution in [0, 0.1) is 6.92 Å². The molecule has 2 heteroatoms. The van der Waals surface area contributed by atoms with E-state index in [-0.39, 0.29) is 5.54 Å². The predicted octanol–water partition coefficient (Wildman–Crippen LogP) is 3.03. The number of hydrogen-bond acceptors (Lipinski definition) is 2. The monoisotopic (exact) mass is 204 g/mol. The zero-order valence-electron chi connectivity index (χ0n) is 10.1. The van der Waals surface area contributed by atoms with E-state index >= 15 is 0 Å². The molecular weight excluding hydrogens is 184 g/mol. The molecule has 0 bridgehead atoms. The molecule has 1 N–H and O–H groups in total. The van der Waals surface area contributed by atoms with Crippen molar-refractivity contribution >= 4 is 11.4 Å². The van der Waals surface area contributed by atoms with Crippen LogP contribution in [0.25, 0.3) is 0 Å². The Morgan fingerprint density at radius 3 is 2.80 bits per heavy atom. The van der Waals surface area contributed by atoms with Gasteiger partial charge in [-0.25, -0.2) is 0 Å². The molecule has 0 amide bonds. The van der Waals surface area contributed by atoms with E-state index in [0.29, 0.717) is 0 Å². The van der Waals surface area contributed by atoms with Crippen molar-refractivity contribution < 1.29 is 0 Å². The lowest BCUT2D eigenvalue weighted by atomic mass is 9.97. The fraction of sp³-hybridized carbons (Fsp3) is 0.538. The molecule has 1 heterocycles. The number of benzene rings is 1.